The van der Waals surface area contributed by atoms with E-state index in [0.29, 0.717) is 25.6 Å². The number of nitrogens with zero attached hydrogens (tertiary/aromatic N) is 2. The maximum Gasteiger partial charge on any atom is 0.191 e. The number of hydrogen-bond donors (Lipinski definition) is 2. The molecule has 1 unspecified atom stereocenters. The van der Waals surface area contributed by atoms with E-state index >= 15 is 0 Å². The zero-order chi connectivity index (χ0) is 18.7. The van der Waals surface area contributed by atoms with Crippen molar-refractivity contribution in [3.05, 3.63) is 35.6 Å². The molecule has 0 saturated carbocycles. The standard InChI is InChI=1S/C19H33FN4O.HI/c1-15(2)9-11-25-12-10-22-19(21-3)23-14-18(24(4)5)16-7-6-8-17(20)13-16;/h6-8,13,15,18H,9-12,14H2,1-5H3,(H2,21,22,23);1H. The van der Waals surface area contributed by atoms with Crippen molar-refractivity contribution in [1.29, 1.82) is 0 Å². The normalized spacial score (nSPS) is 12.8. The number of rotatable bonds is 10. The second kappa shape index (κ2) is 14.2. The van der Waals surface area contributed by atoms with Gasteiger partial charge in [0.05, 0.1) is 12.6 Å². The summed E-state index contributed by atoms with van der Waals surface area (Å²) in [6.45, 7) is 7.14. The smallest absolute Gasteiger partial charge is 0.191 e. The van der Waals surface area contributed by atoms with Crippen LogP contribution in [0.25, 0.3) is 0 Å². The van der Waals surface area contributed by atoms with Gasteiger partial charge in [-0.15, -0.1) is 24.0 Å². The number of ether oxygens (including phenoxy) is 1. The Balaban J connectivity index is 0.00000625. The molecular weight excluding hydrogens is 446 g/mol. The summed E-state index contributed by atoms with van der Waals surface area (Å²) < 4.78 is 19.1. The van der Waals surface area contributed by atoms with Crippen molar-refractivity contribution in [3.63, 3.8) is 0 Å². The van der Waals surface area contributed by atoms with Crippen molar-refractivity contribution in [1.82, 2.24) is 15.5 Å². The zero-order valence-electron chi connectivity index (χ0n) is 16.6. The minimum atomic E-state index is -0.217. The maximum absolute atomic E-state index is 13.5. The number of likely N-dealkylation sites (N-methyl/N-ethyl adjacent to an activating group) is 1. The lowest BCUT2D eigenvalue weighted by Gasteiger charge is -2.26. The first-order valence-electron chi connectivity index (χ1n) is 8.88. The number of hydrogen-bond acceptors (Lipinski definition) is 3. The molecular formula is C19H34FIN4O. The Morgan fingerprint density at radius 1 is 1.23 bits per heavy atom. The molecule has 0 saturated heterocycles. The molecule has 5 nitrogen and oxygen atoms in total. The van der Waals surface area contributed by atoms with E-state index in [4.69, 9.17) is 4.74 Å². The van der Waals surface area contributed by atoms with E-state index in [9.17, 15) is 4.39 Å². The second-order valence-corrected chi connectivity index (χ2v) is 6.71. The van der Waals surface area contributed by atoms with E-state index in [1.807, 2.05) is 20.2 Å². The van der Waals surface area contributed by atoms with Crippen LogP contribution in [0.2, 0.25) is 0 Å². The first-order valence-corrected chi connectivity index (χ1v) is 8.88. The zero-order valence-corrected chi connectivity index (χ0v) is 18.9. The molecule has 0 fully saturated rings. The minimum absolute atomic E-state index is 0. The largest absolute Gasteiger partial charge is 0.380 e. The summed E-state index contributed by atoms with van der Waals surface area (Å²) in [5.74, 6) is 1.16. The third-order valence-electron chi connectivity index (χ3n) is 3.92. The van der Waals surface area contributed by atoms with Gasteiger partial charge in [0.25, 0.3) is 0 Å². The van der Waals surface area contributed by atoms with E-state index < -0.39 is 0 Å². The van der Waals surface area contributed by atoms with Crippen molar-refractivity contribution in [3.8, 4) is 0 Å². The van der Waals surface area contributed by atoms with Gasteiger partial charge in [0, 0.05) is 26.7 Å². The van der Waals surface area contributed by atoms with Crippen LogP contribution < -0.4 is 10.6 Å². The van der Waals surface area contributed by atoms with Crippen LogP contribution >= 0.6 is 24.0 Å². The van der Waals surface area contributed by atoms with Gasteiger partial charge in [0.2, 0.25) is 0 Å². The number of nitrogens with one attached hydrogen (secondary N) is 2. The highest BCUT2D eigenvalue weighted by Crippen LogP contribution is 2.18. The van der Waals surface area contributed by atoms with Crippen LogP contribution in [-0.2, 0) is 4.74 Å². The molecule has 0 aliphatic heterocycles. The monoisotopic (exact) mass is 480 g/mol. The van der Waals surface area contributed by atoms with Crippen LogP contribution in [0.3, 0.4) is 0 Å². The Labute approximate surface area is 174 Å². The first-order chi connectivity index (χ1) is 11.9. The van der Waals surface area contributed by atoms with Gasteiger partial charge < -0.3 is 20.3 Å². The fraction of sp³-hybridized carbons (Fsp3) is 0.632. The molecule has 1 rings (SSSR count). The molecule has 1 aromatic rings. The third-order valence-corrected chi connectivity index (χ3v) is 3.92. The second-order valence-electron chi connectivity index (χ2n) is 6.71. The molecule has 0 amide bonds. The van der Waals surface area contributed by atoms with E-state index in [2.05, 4.69) is 34.4 Å². The fourth-order valence-corrected chi connectivity index (χ4v) is 2.39. The molecule has 150 valence electrons. The molecule has 7 heteroatoms. The van der Waals surface area contributed by atoms with E-state index in [0.717, 1.165) is 24.6 Å². The predicted octanol–water partition coefficient (Wildman–Crippen LogP) is 3.27. The Morgan fingerprint density at radius 2 is 1.96 bits per heavy atom. The van der Waals surface area contributed by atoms with Crippen LogP contribution in [0, 0.1) is 11.7 Å². The summed E-state index contributed by atoms with van der Waals surface area (Å²) in [5.41, 5.74) is 0.935. The quantitative estimate of drug-likeness (QED) is 0.234. The molecule has 0 spiro atoms. The first kappa shape index (κ1) is 25.1. The van der Waals surface area contributed by atoms with Gasteiger partial charge >= 0.3 is 0 Å². The topological polar surface area (TPSA) is 48.9 Å². The van der Waals surface area contributed by atoms with Gasteiger partial charge in [-0.3, -0.25) is 4.99 Å². The fourth-order valence-electron chi connectivity index (χ4n) is 2.39. The van der Waals surface area contributed by atoms with Crippen LogP contribution in [0.5, 0.6) is 0 Å². The van der Waals surface area contributed by atoms with Gasteiger partial charge in [-0.25, -0.2) is 4.39 Å². The molecule has 0 aromatic heterocycles. The van der Waals surface area contributed by atoms with Crippen LogP contribution in [0.1, 0.15) is 31.9 Å². The molecule has 2 N–H and O–H groups in total. The van der Waals surface area contributed by atoms with Crippen molar-refractivity contribution in [2.24, 2.45) is 10.9 Å². The van der Waals surface area contributed by atoms with Gasteiger partial charge in [-0.05, 0) is 44.1 Å². The molecule has 0 aliphatic carbocycles. The van der Waals surface area contributed by atoms with Crippen molar-refractivity contribution in [2.45, 2.75) is 26.3 Å². The number of guanidine groups is 1. The SMILES string of the molecule is CN=C(NCCOCCC(C)C)NCC(c1cccc(F)c1)N(C)C.I. The summed E-state index contributed by atoms with van der Waals surface area (Å²) in [7, 11) is 5.70. The molecule has 0 bridgehead atoms. The summed E-state index contributed by atoms with van der Waals surface area (Å²) in [4.78, 5) is 6.28. The Kier molecular flexibility index (Phi) is 13.7. The van der Waals surface area contributed by atoms with Crippen LogP contribution in [0.15, 0.2) is 29.3 Å². The van der Waals surface area contributed by atoms with E-state index in [1.165, 1.54) is 6.07 Å². The third kappa shape index (κ3) is 10.3. The van der Waals surface area contributed by atoms with E-state index in [-0.39, 0.29) is 35.8 Å². The van der Waals surface area contributed by atoms with Crippen molar-refractivity contribution in [2.75, 3.05) is 47.4 Å². The minimum Gasteiger partial charge on any atom is -0.380 e. The predicted molar refractivity (Wildman–Crippen MR) is 118 cm³/mol. The molecule has 0 radical (unpaired) electrons. The van der Waals surface area contributed by atoms with Crippen molar-refractivity contribution >= 4 is 29.9 Å². The van der Waals surface area contributed by atoms with Gasteiger partial charge in [0.1, 0.15) is 5.82 Å². The lowest BCUT2D eigenvalue weighted by atomic mass is 10.1. The maximum atomic E-state index is 13.5. The van der Waals surface area contributed by atoms with Crippen molar-refractivity contribution < 1.29 is 9.13 Å². The summed E-state index contributed by atoms with van der Waals surface area (Å²) in [5, 5.41) is 6.53. The number of halogens is 2. The molecule has 1 aromatic carbocycles. The highest BCUT2D eigenvalue weighted by molar-refractivity contribution is 14.0. The van der Waals surface area contributed by atoms with Gasteiger partial charge in [-0.2, -0.15) is 0 Å². The van der Waals surface area contributed by atoms with Gasteiger partial charge in [-0.1, -0.05) is 26.0 Å². The molecule has 1 atom stereocenters. The summed E-state index contributed by atoms with van der Waals surface area (Å²) in [6, 6.07) is 6.77. The van der Waals surface area contributed by atoms with E-state index in [1.54, 1.807) is 19.2 Å². The number of aliphatic imine (C=N–C) groups is 1. The number of benzene rings is 1. The lowest BCUT2D eigenvalue weighted by molar-refractivity contribution is 0.128. The average Bonchev–Trinajstić information content (AvgIpc) is 2.55. The average molecular weight is 480 g/mol. The van der Waals surface area contributed by atoms with Gasteiger partial charge in [0.15, 0.2) is 5.96 Å². The summed E-state index contributed by atoms with van der Waals surface area (Å²) in [6.07, 6.45) is 1.07. The van der Waals surface area contributed by atoms with Crippen LogP contribution in [-0.4, -0.2) is 58.3 Å². The molecule has 26 heavy (non-hydrogen) atoms. The Morgan fingerprint density at radius 3 is 2.54 bits per heavy atom. The Hall–Kier alpha value is -0.930. The lowest BCUT2D eigenvalue weighted by Crippen LogP contribution is -2.42. The Bertz CT molecular complexity index is 526. The summed E-state index contributed by atoms with van der Waals surface area (Å²) >= 11 is 0. The van der Waals surface area contributed by atoms with Crippen LogP contribution in [0.4, 0.5) is 4.39 Å². The highest BCUT2D eigenvalue weighted by Gasteiger charge is 2.15. The molecule has 0 heterocycles. The highest BCUT2D eigenvalue weighted by atomic mass is 127. The molecule has 0 aliphatic rings.